The molecule has 2 aromatic rings. The number of aromatic nitrogens is 2. The van der Waals surface area contributed by atoms with Crippen LogP contribution in [0.25, 0.3) is 0 Å². The Balaban J connectivity index is 2.38. The number of hydrogen-bond donors (Lipinski definition) is 0. The molecule has 0 N–H and O–H groups in total. The second kappa shape index (κ2) is 5.59. The van der Waals surface area contributed by atoms with E-state index in [0.29, 0.717) is 22.9 Å². The molecule has 0 saturated carbocycles. The van der Waals surface area contributed by atoms with Gasteiger partial charge in [-0.25, -0.2) is 4.98 Å². The summed E-state index contributed by atoms with van der Waals surface area (Å²) in [5.74, 6) is -0.0161. The molecule has 0 atom stereocenters. The lowest BCUT2D eigenvalue weighted by Gasteiger charge is -2.04. The van der Waals surface area contributed by atoms with Crippen molar-refractivity contribution in [1.82, 2.24) is 9.55 Å². The number of thiazole rings is 1. The van der Waals surface area contributed by atoms with Crippen molar-refractivity contribution in [1.29, 1.82) is 0 Å². The second-order valence-electron chi connectivity index (χ2n) is 3.50. The molecular formula is C12H13N3O2S. The van der Waals surface area contributed by atoms with Crippen molar-refractivity contribution in [2.75, 3.05) is 6.61 Å². The number of hydrogen-bond acceptors (Lipinski definition) is 4. The molecule has 0 aromatic carbocycles. The number of nitrogens with zero attached hydrogens (tertiary/aromatic N) is 3. The molecule has 94 valence electrons. The maximum Gasteiger partial charge on any atom is 0.285 e. The molecule has 0 aliphatic rings. The zero-order valence-corrected chi connectivity index (χ0v) is 11.0. The van der Waals surface area contributed by atoms with Gasteiger partial charge in [0.25, 0.3) is 5.91 Å². The van der Waals surface area contributed by atoms with Gasteiger partial charge in [0, 0.05) is 24.8 Å². The van der Waals surface area contributed by atoms with Gasteiger partial charge in [-0.05, 0) is 19.1 Å². The lowest BCUT2D eigenvalue weighted by Crippen LogP contribution is -2.13. The summed E-state index contributed by atoms with van der Waals surface area (Å²) in [5.41, 5.74) is 0.382. The van der Waals surface area contributed by atoms with Crippen molar-refractivity contribution in [2.24, 2.45) is 12.0 Å². The van der Waals surface area contributed by atoms with E-state index in [9.17, 15) is 4.79 Å². The first kappa shape index (κ1) is 12.5. The maximum atomic E-state index is 12.1. The van der Waals surface area contributed by atoms with Gasteiger partial charge in [-0.1, -0.05) is 0 Å². The SMILES string of the molecule is CCOc1ncccc1C(=O)N=c1sccn1C. The lowest BCUT2D eigenvalue weighted by molar-refractivity contribution is 0.0993. The number of rotatable bonds is 3. The summed E-state index contributed by atoms with van der Waals surface area (Å²) in [6, 6.07) is 3.36. The van der Waals surface area contributed by atoms with E-state index < -0.39 is 0 Å². The van der Waals surface area contributed by atoms with Crippen molar-refractivity contribution in [3.05, 3.63) is 40.3 Å². The third kappa shape index (κ3) is 2.65. The third-order valence-electron chi connectivity index (χ3n) is 2.24. The van der Waals surface area contributed by atoms with E-state index in [2.05, 4.69) is 9.98 Å². The molecule has 0 spiro atoms. The van der Waals surface area contributed by atoms with E-state index >= 15 is 0 Å². The Labute approximate surface area is 108 Å². The molecule has 18 heavy (non-hydrogen) atoms. The second-order valence-corrected chi connectivity index (χ2v) is 4.38. The summed E-state index contributed by atoms with van der Waals surface area (Å²) < 4.78 is 7.10. The zero-order chi connectivity index (χ0) is 13.0. The summed E-state index contributed by atoms with van der Waals surface area (Å²) >= 11 is 1.41. The Hall–Kier alpha value is -1.95. The highest BCUT2D eigenvalue weighted by atomic mass is 32.1. The van der Waals surface area contributed by atoms with E-state index in [1.165, 1.54) is 11.3 Å². The van der Waals surface area contributed by atoms with Crippen molar-refractivity contribution >= 4 is 17.2 Å². The van der Waals surface area contributed by atoms with Gasteiger partial charge in [-0.3, -0.25) is 4.79 Å². The van der Waals surface area contributed by atoms with Gasteiger partial charge in [0.05, 0.1) is 6.61 Å². The van der Waals surface area contributed by atoms with Crippen LogP contribution in [0.1, 0.15) is 17.3 Å². The molecule has 0 fully saturated rings. The Morgan fingerprint density at radius 3 is 3.11 bits per heavy atom. The van der Waals surface area contributed by atoms with E-state index in [-0.39, 0.29) is 5.91 Å². The van der Waals surface area contributed by atoms with E-state index in [4.69, 9.17) is 4.74 Å². The number of amides is 1. The Kier molecular flexibility index (Phi) is 3.88. The van der Waals surface area contributed by atoms with Crippen LogP contribution >= 0.6 is 11.3 Å². The van der Waals surface area contributed by atoms with Gasteiger partial charge >= 0.3 is 0 Å². The van der Waals surface area contributed by atoms with Crippen LogP contribution in [0.3, 0.4) is 0 Å². The molecule has 2 heterocycles. The number of aryl methyl sites for hydroxylation is 1. The summed E-state index contributed by atoms with van der Waals surface area (Å²) in [6.07, 6.45) is 3.44. The van der Waals surface area contributed by atoms with Crippen LogP contribution in [0.5, 0.6) is 5.88 Å². The first-order valence-electron chi connectivity index (χ1n) is 5.49. The fourth-order valence-corrected chi connectivity index (χ4v) is 2.11. The molecule has 0 unspecified atom stereocenters. The number of pyridine rings is 1. The average Bonchev–Trinajstić information content (AvgIpc) is 2.76. The topological polar surface area (TPSA) is 56.5 Å². The number of carbonyl (C=O) groups excluding carboxylic acids is 1. The predicted octanol–water partition coefficient (Wildman–Crippen LogP) is 1.62. The van der Waals surface area contributed by atoms with Crippen LogP contribution in [0.2, 0.25) is 0 Å². The molecule has 0 radical (unpaired) electrons. The minimum Gasteiger partial charge on any atom is -0.477 e. The highest BCUT2D eigenvalue weighted by molar-refractivity contribution is 7.07. The normalized spacial score (nSPS) is 11.6. The number of carbonyl (C=O) groups is 1. The first-order chi connectivity index (χ1) is 8.72. The average molecular weight is 263 g/mol. The molecule has 6 heteroatoms. The molecular weight excluding hydrogens is 250 g/mol. The Morgan fingerprint density at radius 1 is 1.61 bits per heavy atom. The Morgan fingerprint density at radius 2 is 2.44 bits per heavy atom. The first-order valence-corrected chi connectivity index (χ1v) is 6.37. The van der Waals surface area contributed by atoms with Crippen LogP contribution in [0.4, 0.5) is 0 Å². The quantitative estimate of drug-likeness (QED) is 0.845. The van der Waals surface area contributed by atoms with Crippen LogP contribution in [-0.2, 0) is 7.05 Å². The highest BCUT2D eigenvalue weighted by Crippen LogP contribution is 2.15. The third-order valence-corrected chi connectivity index (χ3v) is 3.09. The standard InChI is InChI=1S/C12H13N3O2S/c1-3-17-11-9(5-4-6-13-11)10(16)14-12-15(2)7-8-18-12/h4-8H,3H2,1-2H3. The van der Waals surface area contributed by atoms with Gasteiger partial charge in [-0.2, -0.15) is 4.99 Å². The highest BCUT2D eigenvalue weighted by Gasteiger charge is 2.12. The molecule has 0 aliphatic carbocycles. The van der Waals surface area contributed by atoms with Gasteiger partial charge < -0.3 is 9.30 Å². The van der Waals surface area contributed by atoms with Gasteiger partial charge in [0.1, 0.15) is 5.56 Å². The lowest BCUT2D eigenvalue weighted by atomic mass is 10.2. The van der Waals surface area contributed by atoms with Gasteiger partial charge in [0.15, 0.2) is 4.80 Å². The van der Waals surface area contributed by atoms with Crippen LogP contribution in [0, 0.1) is 0 Å². The minimum atomic E-state index is -0.343. The number of ether oxygens (including phenoxy) is 1. The smallest absolute Gasteiger partial charge is 0.285 e. The monoisotopic (exact) mass is 263 g/mol. The summed E-state index contributed by atoms with van der Waals surface area (Å²) in [4.78, 5) is 20.8. The van der Waals surface area contributed by atoms with Gasteiger partial charge in [-0.15, -0.1) is 11.3 Å². The predicted molar refractivity (Wildman–Crippen MR) is 68.6 cm³/mol. The van der Waals surface area contributed by atoms with E-state index in [0.717, 1.165) is 0 Å². The molecule has 5 nitrogen and oxygen atoms in total. The van der Waals surface area contributed by atoms with Gasteiger partial charge in [0.2, 0.25) is 5.88 Å². The molecule has 0 aliphatic heterocycles. The summed E-state index contributed by atoms with van der Waals surface area (Å²) in [5, 5.41) is 1.87. The molecule has 2 aromatic heterocycles. The van der Waals surface area contributed by atoms with E-state index in [1.807, 2.05) is 25.5 Å². The van der Waals surface area contributed by atoms with Crippen molar-refractivity contribution in [3.63, 3.8) is 0 Å². The fraction of sp³-hybridized carbons (Fsp3) is 0.250. The van der Waals surface area contributed by atoms with E-state index in [1.54, 1.807) is 22.9 Å². The van der Waals surface area contributed by atoms with Crippen LogP contribution in [-0.4, -0.2) is 22.1 Å². The Bertz CT molecular complexity index is 616. The fourth-order valence-electron chi connectivity index (χ4n) is 1.39. The van der Waals surface area contributed by atoms with Crippen molar-refractivity contribution in [3.8, 4) is 5.88 Å². The zero-order valence-electron chi connectivity index (χ0n) is 10.2. The van der Waals surface area contributed by atoms with Crippen LogP contribution in [0.15, 0.2) is 34.9 Å². The van der Waals surface area contributed by atoms with Crippen LogP contribution < -0.4 is 9.54 Å². The summed E-state index contributed by atoms with van der Waals surface area (Å²) in [6.45, 7) is 2.31. The molecule has 0 bridgehead atoms. The largest absolute Gasteiger partial charge is 0.477 e. The van der Waals surface area contributed by atoms with Crippen molar-refractivity contribution < 1.29 is 9.53 Å². The molecule has 1 amide bonds. The molecule has 2 rings (SSSR count). The minimum absolute atomic E-state index is 0.327. The van der Waals surface area contributed by atoms with Crippen molar-refractivity contribution in [2.45, 2.75) is 6.92 Å². The summed E-state index contributed by atoms with van der Waals surface area (Å²) in [7, 11) is 1.84. The molecule has 0 saturated heterocycles. The maximum absolute atomic E-state index is 12.1.